The topological polar surface area (TPSA) is 84.5 Å². The molecule has 2 aromatic rings. The molecule has 0 aliphatic carbocycles. The normalized spacial score (nSPS) is 11.2. The van der Waals surface area contributed by atoms with Crippen LogP contribution in [0.2, 0.25) is 0 Å². The van der Waals surface area contributed by atoms with Crippen molar-refractivity contribution in [3.8, 4) is 5.75 Å². The molecule has 2 aromatic carbocycles. The minimum atomic E-state index is -3.87. The quantitative estimate of drug-likeness (QED) is 0.822. The maximum Gasteiger partial charge on any atom is 0.241 e. The van der Waals surface area contributed by atoms with E-state index in [9.17, 15) is 17.6 Å². The summed E-state index contributed by atoms with van der Waals surface area (Å²) in [6.45, 7) is 2.95. The van der Waals surface area contributed by atoms with Crippen LogP contribution in [0.15, 0.2) is 41.3 Å². The van der Waals surface area contributed by atoms with Crippen LogP contribution < -0.4 is 14.8 Å². The Labute approximate surface area is 146 Å². The summed E-state index contributed by atoms with van der Waals surface area (Å²) in [6, 6.07) is 8.32. The van der Waals surface area contributed by atoms with Gasteiger partial charge in [0.25, 0.3) is 0 Å². The molecule has 134 valence electrons. The molecule has 0 aliphatic rings. The fourth-order valence-corrected chi connectivity index (χ4v) is 3.57. The lowest BCUT2D eigenvalue weighted by molar-refractivity contribution is -0.115. The number of rotatable bonds is 6. The highest BCUT2D eigenvalue weighted by Gasteiger charge is 2.20. The predicted molar refractivity (Wildman–Crippen MR) is 92.7 cm³/mol. The lowest BCUT2D eigenvalue weighted by Gasteiger charge is -2.13. The average molecular weight is 366 g/mol. The second-order valence-electron chi connectivity index (χ2n) is 5.40. The number of hydrogen-bond acceptors (Lipinski definition) is 4. The van der Waals surface area contributed by atoms with Gasteiger partial charge in [-0.25, -0.2) is 17.5 Å². The minimum absolute atomic E-state index is 0.0735. The van der Waals surface area contributed by atoms with Crippen LogP contribution in [0, 0.1) is 19.7 Å². The Kier molecular flexibility index (Phi) is 5.76. The van der Waals surface area contributed by atoms with Gasteiger partial charge in [0.15, 0.2) is 0 Å². The van der Waals surface area contributed by atoms with Gasteiger partial charge in [0.05, 0.1) is 18.6 Å². The first-order valence-corrected chi connectivity index (χ1v) is 8.92. The lowest BCUT2D eigenvalue weighted by atomic mass is 10.1. The maximum absolute atomic E-state index is 13.1. The van der Waals surface area contributed by atoms with E-state index in [-0.39, 0.29) is 10.6 Å². The van der Waals surface area contributed by atoms with Gasteiger partial charge in [-0.3, -0.25) is 4.79 Å². The molecule has 6 nitrogen and oxygen atoms in total. The van der Waals surface area contributed by atoms with Gasteiger partial charge in [0, 0.05) is 5.69 Å². The second-order valence-corrected chi connectivity index (χ2v) is 7.13. The van der Waals surface area contributed by atoms with E-state index in [0.29, 0.717) is 16.9 Å². The number of ether oxygens (including phenoxy) is 1. The SMILES string of the molecule is COc1ccc(S(=O)(=O)NCC(=O)Nc2cccc(F)c2)c(C)c1C. The molecule has 0 atom stereocenters. The third-order valence-corrected chi connectivity index (χ3v) is 5.27. The summed E-state index contributed by atoms with van der Waals surface area (Å²) in [5, 5.41) is 2.43. The number of methoxy groups -OCH3 is 1. The fourth-order valence-electron chi connectivity index (χ4n) is 2.29. The largest absolute Gasteiger partial charge is 0.496 e. The van der Waals surface area contributed by atoms with Crippen LogP contribution in [-0.2, 0) is 14.8 Å². The number of sulfonamides is 1. The molecular weight excluding hydrogens is 347 g/mol. The van der Waals surface area contributed by atoms with Crippen molar-refractivity contribution in [3.05, 3.63) is 53.3 Å². The molecule has 0 aromatic heterocycles. The molecule has 2 N–H and O–H groups in total. The lowest BCUT2D eigenvalue weighted by Crippen LogP contribution is -2.33. The Bertz CT molecular complexity index is 898. The predicted octanol–water partition coefficient (Wildman–Crippen LogP) is 2.37. The van der Waals surface area contributed by atoms with Crippen molar-refractivity contribution >= 4 is 21.6 Å². The Morgan fingerprint density at radius 1 is 1.16 bits per heavy atom. The number of amides is 1. The van der Waals surface area contributed by atoms with Crippen molar-refractivity contribution in [2.45, 2.75) is 18.7 Å². The van der Waals surface area contributed by atoms with Crippen LogP contribution in [0.3, 0.4) is 0 Å². The smallest absolute Gasteiger partial charge is 0.241 e. The molecule has 25 heavy (non-hydrogen) atoms. The van der Waals surface area contributed by atoms with Gasteiger partial charge in [-0.05, 0) is 55.3 Å². The van der Waals surface area contributed by atoms with Crippen molar-refractivity contribution in [1.29, 1.82) is 0 Å². The van der Waals surface area contributed by atoms with Crippen LogP contribution in [0.25, 0.3) is 0 Å². The molecular formula is C17H19FN2O4S. The molecule has 0 aliphatic heterocycles. The van der Waals surface area contributed by atoms with Crippen molar-refractivity contribution in [3.63, 3.8) is 0 Å². The van der Waals surface area contributed by atoms with Crippen molar-refractivity contribution < 1.29 is 22.3 Å². The van der Waals surface area contributed by atoms with E-state index in [4.69, 9.17) is 4.74 Å². The number of halogens is 1. The van der Waals surface area contributed by atoms with E-state index in [1.54, 1.807) is 19.9 Å². The first-order valence-electron chi connectivity index (χ1n) is 7.44. The minimum Gasteiger partial charge on any atom is -0.496 e. The van der Waals surface area contributed by atoms with Crippen LogP contribution in [0.4, 0.5) is 10.1 Å². The van der Waals surface area contributed by atoms with Crippen molar-refractivity contribution in [2.75, 3.05) is 19.0 Å². The van der Waals surface area contributed by atoms with E-state index in [0.717, 1.165) is 6.07 Å². The first kappa shape index (κ1) is 18.9. The van der Waals surface area contributed by atoms with Crippen LogP contribution in [0.5, 0.6) is 5.75 Å². The number of carbonyl (C=O) groups excluding carboxylic acids is 1. The monoisotopic (exact) mass is 366 g/mol. The van der Waals surface area contributed by atoms with E-state index >= 15 is 0 Å². The van der Waals surface area contributed by atoms with Gasteiger partial charge in [0.2, 0.25) is 15.9 Å². The molecule has 0 heterocycles. The molecule has 0 fully saturated rings. The second kappa shape index (κ2) is 7.62. The van der Waals surface area contributed by atoms with Gasteiger partial charge >= 0.3 is 0 Å². The Morgan fingerprint density at radius 3 is 2.52 bits per heavy atom. The summed E-state index contributed by atoms with van der Waals surface area (Å²) >= 11 is 0. The fraction of sp³-hybridized carbons (Fsp3) is 0.235. The molecule has 8 heteroatoms. The summed E-state index contributed by atoms with van der Waals surface area (Å²) in [6.07, 6.45) is 0. The number of carbonyl (C=O) groups is 1. The van der Waals surface area contributed by atoms with Gasteiger partial charge < -0.3 is 10.1 Å². The average Bonchev–Trinajstić information content (AvgIpc) is 2.55. The van der Waals surface area contributed by atoms with E-state index in [1.165, 1.54) is 31.4 Å². The number of nitrogens with one attached hydrogen (secondary N) is 2. The van der Waals surface area contributed by atoms with E-state index < -0.39 is 28.3 Å². The molecule has 1 amide bonds. The third kappa shape index (κ3) is 4.55. The highest BCUT2D eigenvalue weighted by molar-refractivity contribution is 7.89. The maximum atomic E-state index is 13.1. The first-order chi connectivity index (χ1) is 11.7. The van der Waals surface area contributed by atoms with Crippen LogP contribution in [-0.4, -0.2) is 28.0 Å². The summed E-state index contributed by atoms with van der Waals surface area (Å²) in [5.74, 6) is -0.514. The van der Waals surface area contributed by atoms with Crippen LogP contribution >= 0.6 is 0 Å². The molecule has 0 spiro atoms. The Morgan fingerprint density at radius 2 is 1.88 bits per heavy atom. The number of anilines is 1. The van der Waals surface area contributed by atoms with Gasteiger partial charge in [-0.15, -0.1) is 0 Å². The zero-order valence-corrected chi connectivity index (χ0v) is 14.9. The third-order valence-electron chi connectivity index (χ3n) is 3.73. The van der Waals surface area contributed by atoms with E-state index in [2.05, 4.69) is 10.0 Å². The van der Waals surface area contributed by atoms with Crippen LogP contribution in [0.1, 0.15) is 11.1 Å². The Balaban J connectivity index is 2.09. The molecule has 0 radical (unpaired) electrons. The summed E-state index contributed by atoms with van der Waals surface area (Å²) < 4.78 is 45.3. The van der Waals surface area contributed by atoms with Gasteiger partial charge in [-0.2, -0.15) is 0 Å². The standard InChI is InChI=1S/C17H19FN2O4S/c1-11-12(2)16(8-7-15(11)24-3)25(22,23)19-10-17(21)20-14-6-4-5-13(18)9-14/h4-9,19H,10H2,1-3H3,(H,20,21). The summed E-state index contributed by atoms with van der Waals surface area (Å²) in [4.78, 5) is 11.9. The molecule has 2 rings (SSSR count). The highest BCUT2D eigenvalue weighted by atomic mass is 32.2. The molecule has 0 saturated heterocycles. The number of benzene rings is 2. The molecule has 0 unspecified atom stereocenters. The van der Waals surface area contributed by atoms with Gasteiger partial charge in [0.1, 0.15) is 11.6 Å². The summed E-state index contributed by atoms with van der Waals surface area (Å²) in [7, 11) is -2.37. The summed E-state index contributed by atoms with van der Waals surface area (Å²) in [5.41, 5.74) is 1.49. The zero-order valence-electron chi connectivity index (χ0n) is 14.1. The zero-order chi connectivity index (χ0) is 18.6. The number of hydrogen-bond donors (Lipinski definition) is 2. The van der Waals surface area contributed by atoms with Gasteiger partial charge in [-0.1, -0.05) is 6.07 Å². The van der Waals surface area contributed by atoms with Crippen molar-refractivity contribution in [1.82, 2.24) is 4.72 Å². The Hall–Kier alpha value is -2.45. The van der Waals surface area contributed by atoms with E-state index in [1.807, 2.05) is 0 Å². The molecule has 0 bridgehead atoms. The molecule has 0 saturated carbocycles. The van der Waals surface area contributed by atoms with Crippen molar-refractivity contribution in [2.24, 2.45) is 0 Å². The highest BCUT2D eigenvalue weighted by Crippen LogP contribution is 2.26.